The van der Waals surface area contributed by atoms with Crippen LogP contribution in [0, 0.1) is 0 Å². The summed E-state index contributed by atoms with van der Waals surface area (Å²) < 4.78 is 32.7. The molecule has 10 nitrogen and oxygen atoms in total. The predicted molar refractivity (Wildman–Crippen MR) is 108 cm³/mol. The predicted octanol–water partition coefficient (Wildman–Crippen LogP) is 0.434. The van der Waals surface area contributed by atoms with Gasteiger partial charge >= 0.3 is 5.97 Å². The van der Waals surface area contributed by atoms with Crippen molar-refractivity contribution in [3.63, 3.8) is 0 Å². The van der Waals surface area contributed by atoms with Gasteiger partial charge in [-0.15, -0.1) is 0 Å². The number of nitrogens with two attached hydrogens (primary N) is 1. The Labute approximate surface area is 179 Å². The van der Waals surface area contributed by atoms with E-state index in [1.807, 2.05) is 0 Å². The number of sulfonamides is 1. The third-order valence-electron chi connectivity index (χ3n) is 4.85. The van der Waals surface area contributed by atoms with Gasteiger partial charge in [0.25, 0.3) is 11.8 Å². The summed E-state index contributed by atoms with van der Waals surface area (Å²) in [6.07, 6.45) is 2.96. The number of nitrogens with one attached hydrogen (secondary N) is 1. The summed E-state index contributed by atoms with van der Waals surface area (Å²) in [4.78, 5) is 38.1. The monoisotopic (exact) mass is 449 g/mol. The number of nitrogens with zero attached hydrogens (tertiary/aromatic N) is 1. The highest BCUT2D eigenvalue weighted by atomic mass is 32.2. The smallest absolute Gasteiger partial charge is 0.329 e. The summed E-state index contributed by atoms with van der Waals surface area (Å²) in [5.74, 6) is -1.35. The number of furan rings is 1. The molecule has 1 saturated heterocycles. The molecule has 11 heteroatoms. The van der Waals surface area contributed by atoms with Crippen LogP contribution in [0.4, 0.5) is 0 Å². The Morgan fingerprint density at radius 2 is 1.94 bits per heavy atom. The van der Waals surface area contributed by atoms with Gasteiger partial charge in [0.1, 0.15) is 6.04 Å². The normalized spacial score (nSPS) is 16.2. The number of rotatable bonds is 8. The molecule has 3 rings (SSSR count). The Kier molecular flexibility index (Phi) is 7.08. The summed E-state index contributed by atoms with van der Waals surface area (Å²) in [7, 11) is -3.75. The van der Waals surface area contributed by atoms with Crippen LogP contribution in [-0.4, -0.2) is 56.8 Å². The molecule has 3 N–H and O–H groups in total. The van der Waals surface area contributed by atoms with Crippen LogP contribution in [0.2, 0.25) is 0 Å². The van der Waals surface area contributed by atoms with Crippen LogP contribution in [0.15, 0.2) is 52.0 Å². The maximum absolute atomic E-state index is 12.4. The van der Waals surface area contributed by atoms with Gasteiger partial charge in [-0.25, -0.2) is 18.4 Å². The molecule has 0 aliphatic carbocycles. The second kappa shape index (κ2) is 9.75. The molecule has 166 valence electrons. The van der Waals surface area contributed by atoms with Crippen LogP contribution >= 0.6 is 0 Å². The van der Waals surface area contributed by atoms with Crippen molar-refractivity contribution < 1.29 is 32.0 Å². The van der Waals surface area contributed by atoms with Gasteiger partial charge in [-0.1, -0.05) is 12.1 Å². The van der Waals surface area contributed by atoms with Gasteiger partial charge in [0.15, 0.2) is 12.4 Å². The van der Waals surface area contributed by atoms with Crippen LogP contribution in [0.25, 0.3) is 0 Å². The van der Waals surface area contributed by atoms with E-state index in [-0.39, 0.29) is 23.1 Å². The first kappa shape index (κ1) is 22.5. The van der Waals surface area contributed by atoms with Gasteiger partial charge < -0.3 is 19.4 Å². The summed E-state index contributed by atoms with van der Waals surface area (Å²) in [6, 6.07) is 8.38. The molecule has 1 atom stereocenters. The third-order valence-corrected chi connectivity index (χ3v) is 5.78. The minimum Gasteiger partial charge on any atom is -0.459 e. The van der Waals surface area contributed by atoms with Gasteiger partial charge in [-0.05, 0) is 49.1 Å². The first-order valence-corrected chi connectivity index (χ1v) is 11.2. The molecule has 2 heterocycles. The fourth-order valence-electron chi connectivity index (χ4n) is 3.27. The van der Waals surface area contributed by atoms with E-state index in [1.54, 1.807) is 18.2 Å². The molecule has 2 amide bonds. The van der Waals surface area contributed by atoms with Crippen LogP contribution in [-0.2, 0) is 30.8 Å². The van der Waals surface area contributed by atoms with E-state index >= 15 is 0 Å². The third kappa shape index (κ3) is 5.92. The number of hydrogen-bond acceptors (Lipinski definition) is 7. The molecule has 1 aromatic carbocycles. The number of carbonyl (C=O) groups is 3. The summed E-state index contributed by atoms with van der Waals surface area (Å²) in [5.41, 5.74) is 0.808. The molecule has 1 unspecified atom stereocenters. The van der Waals surface area contributed by atoms with E-state index in [0.29, 0.717) is 25.8 Å². The van der Waals surface area contributed by atoms with Gasteiger partial charge in [-0.2, -0.15) is 0 Å². The highest BCUT2D eigenvalue weighted by molar-refractivity contribution is 7.89. The maximum atomic E-state index is 12.4. The van der Waals surface area contributed by atoms with E-state index in [9.17, 15) is 22.8 Å². The zero-order valence-corrected chi connectivity index (χ0v) is 17.5. The molecule has 2 aromatic rings. The van der Waals surface area contributed by atoms with Gasteiger partial charge in [0, 0.05) is 13.1 Å². The molecule has 31 heavy (non-hydrogen) atoms. The zero-order valence-electron chi connectivity index (χ0n) is 16.7. The summed E-state index contributed by atoms with van der Waals surface area (Å²) >= 11 is 0. The number of esters is 1. The Morgan fingerprint density at radius 1 is 1.19 bits per heavy atom. The Balaban J connectivity index is 1.42. The van der Waals surface area contributed by atoms with Crippen molar-refractivity contribution in [2.45, 2.75) is 30.2 Å². The molecule has 0 radical (unpaired) electrons. The topological polar surface area (TPSA) is 149 Å². The number of hydrogen-bond donors (Lipinski definition) is 2. The number of amides is 2. The molecular weight excluding hydrogens is 426 g/mol. The van der Waals surface area contributed by atoms with E-state index in [4.69, 9.17) is 14.3 Å². The van der Waals surface area contributed by atoms with Gasteiger partial charge in [-0.3, -0.25) is 9.59 Å². The lowest BCUT2D eigenvalue weighted by molar-refractivity contribution is -0.152. The lowest BCUT2D eigenvalue weighted by atomic mass is 10.1. The Bertz CT molecular complexity index is 1030. The lowest BCUT2D eigenvalue weighted by Gasteiger charge is -2.22. The molecule has 1 fully saturated rings. The van der Waals surface area contributed by atoms with Crippen LogP contribution < -0.4 is 10.5 Å². The number of likely N-dealkylation sites (tertiary alicyclic amines) is 1. The largest absolute Gasteiger partial charge is 0.459 e. The first-order valence-electron chi connectivity index (χ1n) is 9.65. The molecule has 1 aromatic heterocycles. The standard InChI is InChI=1S/C20H23N3O7S/c21-31(27,28)15-7-5-14(6-8-15)9-10-22-18(24)13-30-20(26)16-3-1-11-23(16)19(25)17-4-2-12-29-17/h2,4-8,12,16H,1,3,9-11,13H2,(H,22,24)(H2,21,27,28). The van der Waals surface area contributed by atoms with E-state index in [2.05, 4.69) is 5.32 Å². The second-order valence-corrected chi connectivity index (χ2v) is 8.59. The van der Waals surface area contributed by atoms with Crippen LogP contribution in [0.3, 0.4) is 0 Å². The van der Waals surface area contributed by atoms with Crippen LogP contribution in [0.1, 0.15) is 29.0 Å². The average molecular weight is 449 g/mol. The molecule has 0 spiro atoms. The molecular formula is C20H23N3O7S. The maximum Gasteiger partial charge on any atom is 0.329 e. The van der Waals surface area contributed by atoms with Crippen molar-refractivity contribution in [1.82, 2.24) is 10.2 Å². The summed E-state index contributed by atoms with van der Waals surface area (Å²) in [6.45, 7) is 0.232. The fourth-order valence-corrected chi connectivity index (χ4v) is 3.79. The van der Waals surface area contributed by atoms with E-state index < -0.39 is 34.5 Å². The Hall–Kier alpha value is -3.18. The molecule has 0 saturated carbocycles. The molecule has 1 aliphatic heterocycles. The van der Waals surface area contributed by atoms with Gasteiger partial charge in [0.2, 0.25) is 10.0 Å². The minimum absolute atomic E-state index is 0.0127. The van der Waals surface area contributed by atoms with E-state index in [1.165, 1.54) is 29.4 Å². The quantitative estimate of drug-likeness (QED) is 0.555. The zero-order chi connectivity index (χ0) is 22.4. The van der Waals surface area contributed by atoms with Gasteiger partial charge in [0.05, 0.1) is 11.2 Å². The number of ether oxygens (including phenoxy) is 1. The minimum atomic E-state index is -3.75. The summed E-state index contributed by atoms with van der Waals surface area (Å²) in [5, 5.41) is 7.67. The number of carbonyl (C=O) groups excluding carboxylic acids is 3. The van der Waals surface area contributed by atoms with Crippen molar-refractivity contribution in [3.8, 4) is 0 Å². The average Bonchev–Trinajstić information content (AvgIpc) is 3.43. The fraction of sp³-hybridized carbons (Fsp3) is 0.350. The first-order chi connectivity index (χ1) is 14.8. The SMILES string of the molecule is NS(=O)(=O)c1ccc(CCNC(=O)COC(=O)C2CCCN2C(=O)c2ccco2)cc1. The molecule has 0 bridgehead atoms. The van der Waals surface area contributed by atoms with Crippen LogP contribution in [0.5, 0.6) is 0 Å². The second-order valence-electron chi connectivity index (χ2n) is 7.03. The van der Waals surface area contributed by atoms with Crippen molar-refractivity contribution in [2.24, 2.45) is 5.14 Å². The number of benzene rings is 1. The highest BCUT2D eigenvalue weighted by Gasteiger charge is 2.36. The lowest BCUT2D eigenvalue weighted by Crippen LogP contribution is -2.42. The molecule has 1 aliphatic rings. The van der Waals surface area contributed by atoms with Crippen molar-refractivity contribution in [3.05, 3.63) is 54.0 Å². The Morgan fingerprint density at radius 3 is 2.58 bits per heavy atom. The van der Waals surface area contributed by atoms with E-state index in [0.717, 1.165) is 5.56 Å². The van der Waals surface area contributed by atoms with Crippen molar-refractivity contribution >= 4 is 27.8 Å². The van der Waals surface area contributed by atoms with Crippen molar-refractivity contribution in [1.29, 1.82) is 0 Å². The highest BCUT2D eigenvalue weighted by Crippen LogP contribution is 2.21. The van der Waals surface area contributed by atoms with Crippen molar-refractivity contribution in [2.75, 3.05) is 19.7 Å². The number of primary sulfonamides is 1.